The maximum absolute atomic E-state index is 13.7. The lowest BCUT2D eigenvalue weighted by Crippen LogP contribution is -2.55. The van der Waals surface area contributed by atoms with E-state index in [-0.39, 0.29) is 23.6 Å². The van der Waals surface area contributed by atoms with Gasteiger partial charge in [0, 0.05) is 35.7 Å². The van der Waals surface area contributed by atoms with Gasteiger partial charge in [0.15, 0.2) is 0 Å². The summed E-state index contributed by atoms with van der Waals surface area (Å²) in [5.74, 6) is 0.0948. The minimum absolute atomic E-state index is 0.0909. The molecule has 190 valence electrons. The third-order valence-electron chi connectivity index (χ3n) is 7.00. The van der Waals surface area contributed by atoms with Crippen LogP contribution in [-0.4, -0.2) is 50.9 Å². The van der Waals surface area contributed by atoms with E-state index in [4.69, 9.17) is 4.98 Å². The van der Waals surface area contributed by atoms with Gasteiger partial charge in [0.1, 0.15) is 11.6 Å². The number of benzene rings is 3. The smallest absolute Gasteiger partial charge is 0.266 e. The molecule has 1 aliphatic rings. The summed E-state index contributed by atoms with van der Waals surface area (Å²) in [6.07, 6.45) is 0.742. The minimum atomic E-state index is -0.420. The number of hydrogen-bond donors (Lipinski definition) is 0. The molecule has 0 radical (unpaired) electrons. The van der Waals surface area contributed by atoms with Gasteiger partial charge in [-0.25, -0.2) is 9.37 Å². The Balaban J connectivity index is 1.51. The number of amides is 1. The van der Waals surface area contributed by atoms with Crippen molar-refractivity contribution in [3.63, 3.8) is 0 Å². The predicted molar refractivity (Wildman–Crippen MR) is 147 cm³/mol. The molecule has 3 aromatic carbocycles. The Morgan fingerprint density at radius 1 is 1.08 bits per heavy atom. The van der Waals surface area contributed by atoms with Crippen molar-refractivity contribution in [2.45, 2.75) is 32.4 Å². The molecular formula is C29H28BrFN4O2. The topological polar surface area (TPSA) is 58.4 Å². The van der Waals surface area contributed by atoms with Crippen LogP contribution in [0.3, 0.4) is 0 Å². The van der Waals surface area contributed by atoms with Crippen molar-refractivity contribution in [1.29, 1.82) is 0 Å². The lowest BCUT2D eigenvalue weighted by Gasteiger charge is -2.43. The predicted octanol–water partition coefficient (Wildman–Crippen LogP) is 5.58. The summed E-state index contributed by atoms with van der Waals surface area (Å²) in [6, 6.07) is 20.7. The van der Waals surface area contributed by atoms with Crippen LogP contribution in [0, 0.1) is 5.82 Å². The zero-order valence-corrected chi connectivity index (χ0v) is 22.4. The first-order chi connectivity index (χ1) is 17.9. The molecule has 0 N–H and O–H groups in total. The maximum Gasteiger partial charge on any atom is 0.266 e. The van der Waals surface area contributed by atoms with E-state index < -0.39 is 5.82 Å². The van der Waals surface area contributed by atoms with Crippen molar-refractivity contribution in [3.8, 4) is 5.69 Å². The molecule has 2 atom stereocenters. The third kappa shape index (κ3) is 4.95. The van der Waals surface area contributed by atoms with Gasteiger partial charge in [-0.15, -0.1) is 0 Å². The van der Waals surface area contributed by atoms with E-state index >= 15 is 0 Å². The number of hydrogen-bond acceptors (Lipinski definition) is 4. The molecule has 1 aromatic heterocycles. The Bertz CT molecular complexity index is 1500. The average Bonchev–Trinajstić information content (AvgIpc) is 2.90. The van der Waals surface area contributed by atoms with E-state index in [1.807, 2.05) is 55.5 Å². The van der Waals surface area contributed by atoms with Gasteiger partial charge < -0.3 is 4.90 Å². The SMILES string of the molecule is CCC(c1nc2ccccc2c(=O)n1-c1ccc(Br)cc1)N1CCN(C(=O)c2cccc(F)c2)C(C)C1. The van der Waals surface area contributed by atoms with Crippen molar-refractivity contribution >= 4 is 32.7 Å². The Labute approximate surface area is 223 Å². The highest BCUT2D eigenvalue weighted by Crippen LogP contribution is 2.29. The first-order valence-electron chi connectivity index (χ1n) is 12.5. The van der Waals surface area contributed by atoms with Crippen LogP contribution in [0.1, 0.15) is 42.5 Å². The van der Waals surface area contributed by atoms with Gasteiger partial charge in [-0.2, -0.15) is 0 Å². The summed E-state index contributed by atoms with van der Waals surface area (Å²) in [5, 5.41) is 0.572. The molecule has 4 aromatic rings. The van der Waals surface area contributed by atoms with E-state index in [9.17, 15) is 14.0 Å². The largest absolute Gasteiger partial charge is 0.333 e. The number of carbonyl (C=O) groups is 1. The van der Waals surface area contributed by atoms with Crippen LogP contribution in [0.2, 0.25) is 0 Å². The van der Waals surface area contributed by atoms with Gasteiger partial charge >= 0.3 is 0 Å². The van der Waals surface area contributed by atoms with Crippen molar-refractivity contribution in [2.75, 3.05) is 19.6 Å². The van der Waals surface area contributed by atoms with E-state index in [0.717, 1.165) is 16.6 Å². The second kappa shape index (κ2) is 10.6. The van der Waals surface area contributed by atoms with Crippen LogP contribution in [0.15, 0.2) is 82.1 Å². The Morgan fingerprint density at radius 2 is 1.84 bits per heavy atom. The summed E-state index contributed by atoms with van der Waals surface area (Å²) >= 11 is 3.48. The number of nitrogens with zero attached hydrogens (tertiary/aromatic N) is 4. The molecule has 2 heterocycles. The molecule has 0 saturated carbocycles. The zero-order valence-electron chi connectivity index (χ0n) is 20.8. The fourth-order valence-electron chi connectivity index (χ4n) is 5.18. The highest BCUT2D eigenvalue weighted by molar-refractivity contribution is 9.10. The van der Waals surface area contributed by atoms with E-state index in [1.54, 1.807) is 21.6 Å². The number of halogens is 2. The zero-order chi connectivity index (χ0) is 26.1. The fraction of sp³-hybridized carbons (Fsp3) is 0.276. The molecule has 1 fully saturated rings. The van der Waals surface area contributed by atoms with Crippen molar-refractivity contribution in [1.82, 2.24) is 19.4 Å². The number of rotatable bonds is 5. The second-order valence-electron chi connectivity index (χ2n) is 9.38. The number of para-hydroxylation sites is 1. The van der Waals surface area contributed by atoms with Crippen LogP contribution < -0.4 is 5.56 Å². The second-order valence-corrected chi connectivity index (χ2v) is 10.3. The molecule has 0 spiro atoms. The lowest BCUT2D eigenvalue weighted by atomic mass is 10.1. The molecule has 8 heteroatoms. The third-order valence-corrected chi connectivity index (χ3v) is 7.53. The summed E-state index contributed by atoms with van der Waals surface area (Å²) in [6.45, 7) is 5.83. The molecule has 2 unspecified atom stereocenters. The van der Waals surface area contributed by atoms with Crippen LogP contribution in [0.5, 0.6) is 0 Å². The number of aromatic nitrogens is 2. The lowest BCUT2D eigenvalue weighted by molar-refractivity contribution is 0.0364. The summed E-state index contributed by atoms with van der Waals surface area (Å²) in [7, 11) is 0. The summed E-state index contributed by atoms with van der Waals surface area (Å²) in [5.41, 5.74) is 1.68. The quantitative estimate of drug-likeness (QED) is 0.318. The van der Waals surface area contributed by atoms with Crippen LogP contribution in [-0.2, 0) is 0 Å². The Kier molecular flexibility index (Phi) is 7.22. The minimum Gasteiger partial charge on any atom is -0.333 e. The standard InChI is InChI=1S/C29H28BrFN4O2/c1-3-26(33-15-16-34(19(2)18-33)28(36)20-7-6-8-22(31)17-20)27-32-25-10-5-4-9-24(25)29(37)35(27)23-13-11-21(30)12-14-23/h4-14,17,19,26H,3,15-16,18H2,1-2H3. The van der Waals surface area contributed by atoms with E-state index in [1.165, 1.54) is 12.1 Å². The molecule has 0 aliphatic carbocycles. The van der Waals surface area contributed by atoms with Gasteiger partial charge in [0.25, 0.3) is 11.5 Å². The van der Waals surface area contributed by atoms with Gasteiger partial charge in [-0.3, -0.25) is 19.1 Å². The Morgan fingerprint density at radius 3 is 2.54 bits per heavy atom. The summed E-state index contributed by atoms with van der Waals surface area (Å²) in [4.78, 5) is 36.0. The summed E-state index contributed by atoms with van der Waals surface area (Å²) < 4.78 is 16.4. The highest BCUT2D eigenvalue weighted by atomic mass is 79.9. The van der Waals surface area contributed by atoms with Crippen LogP contribution in [0.25, 0.3) is 16.6 Å². The highest BCUT2D eigenvalue weighted by Gasteiger charge is 2.33. The van der Waals surface area contributed by atoms with Gasteiger partial charge in [0.05, 0.1) is 22.6 Å². The molecule has 1 saturated heterocycles. The van der Waals surface area contributed by atoms with Crippen molar-refractivity contribution in [3.05, 3.63) is 105 Å². The first-order valence-corrected chi connectivity index (χ1v) is 13.2. The first kappa shape index (κ1) is 25.3. The molecule has 1 aliphatic heterocycles. The Hall–Kier alpha value is -3.36. The van der Waals surface area contributed by atoms with Crippen LogP contribution in [0.4, 0.5) is 4.39 Å². The maximum atomic E-state index is 13.7. The monoisotopic (exact) mass is 562 g/mol. The average molecular weight is 563 g/mol. The molecule has 5 rings (SSSR count). The van der Waals surface area contributed by atoms with E-state index in [0.29, 0.717) is 41.9 Å². The number of fused-ring (bicyclic) bond motifs is 1. The number of piperazine rings is 1. The molecular weight excluding hydrogens is 535 g/mol. The van der Waals surface area contributed by atoms with E-state index in [2.05, 4.69) is 27.8 Å². The molecule has 0 bridgehead atoms. The van der Waals surface area contributed by atoms with Crippen molar-refractivity contribution < 1.29 is 9.18 Å². The van der Waals surface area contributed by atoms with Gasteiger partial charge in [-0.1, -0.05) is 41.1 Å². The van der Waals surface area contributed by atoms with Gasteiger partial charge in [-0.05, 0) is 67.9 Å². The van der Waals surface area contributed by atoms with Crippen molar-refractivity contribution in [2.24, 2.45) is 0 Å². The molecule has 6 nitrogen and oxygen atoms in total. The molecule has 37 heavy (non-hydrogen) atoms. The fourth-order valence-corrected chi connectivity index (χ4v) is 5.44. The van der Waals surface area contributed by atoms with Crippen LogP contribution >= 0.6 is 15.9 Å². The van der Waals surface area contributed by atoms with Gasteiger partial charge in [0.2, 0.25) is 0 Å². The normalized spacial score (nSPS) is 17.2. The number of carbonyl (C=O) groups excluding carboxylic acids is 1. The molecule has 1 amide bonds.